The van der Waals surface area contributed by atoms with Crippen molar-refractivity contribution in [2.24, 2.45) is 0 Å². The SMILES string of the molecule is C[C@H](c1cc(Br)c(Br)s1)N1CCNCC1. The highest BCUT2D eigenvalue weighted by Gasteiger charge is 2.20. The van der Waals surface area contributed by atoms with Crippen LogP contribution in [0.4, 0.5) is 0 Å². The molecule has 1 atom stereocenters. The number of hydrogen-bond acceptors (Lipinski definition) is 3. The van der Waals surface area contributed by atoms with Crippen molar-refractivity contribution in [2.75, 3.05) is 26.2 Å². The third-order valence-electron chi connectivity index (χ3n) is 2.78. The van der Waals surface area contributed by atoms with Crippen molar-refractivity contribution in [2.45, 2.75) is 13.0 Å². The van der Waals surface area contributed by atoms with Crippen LogP contribution in [-0.4, -0.2) is 31.1 Å². The third-order valence-corrected chi connectivity index (χ3v) is 6.20. The molecule has 1 fully saturated rings. The maximum absolute atomic E-state index is 3.55. The van der Waals surface area contributed by atoms with E-state index >= 15 is 0 Å². The van der Waals surface area contributed by atoms with Gasteiger partial charge in [0, 0.05) is 41.6 Å². The minimum atomic E-state index is 0.528. The van der Waals surface area contributed by atoms with E-state index in [9.17, 15) is 0 Å². The molecule has 0 radical (unpaired) electrons. The highest BCUT2D eigenvalue weighted by molar-refractivity contribution is 9.13. The number of rotatable bonds is 2. The molecule has 0 aliphatic carbocycles. The second-order valence-electron chi connectivity index (χ2n) is 3.73. The van der Waals surface area contributed by atoms with Crippen LogP contribution in [0.2, 0.25) is 0 Å². The van der Waals surface area contributed by atoms with E-state index in [1.54, 1.807) is 0 Å². The van der Waals surface area contributed by atoms with Gasteiger partial charge in [-0.15, -0.1) is 11.3 Å². The van der Waals surface area contributed by atoms with Gasteiger partial charge in [-0.05, 0) is 44.8 Å². The van der Waals surface area contributed by atoms with Crippen molar-refractivity contribution in [3.8, 4) is 0 Å². The number of piperazine rings is 1. The Balaban J connectivity index is 2.08. The average Bonchev–Trinajstić information content (AvgIpc) is 2.59. The third kappa shape index (κ3) is 2.82. The van der Waals surface area contributed by atoms with E-state index in [0.29, 0.717) is 6.04 Å². The Bertz CT molecular complexity index is 315. The van der Waals surface area contributed by atoms with Gasteiger partial charge in [-0.25, -0.2) is 0 Å². The molecule has 1 aromatic heterocycles. The van der Waals surface area contributed by atoms with E-state index < -0.39 is 0 Å². The molecule has 1 aliphatic rings. The monoisotopic (exact) mass is 352 g/mol. The Labute approximate surface area is 111 Å². The van der Waals surface area contributed by atoms with Gasteiger partial charge in [0.2, 0.25) is 0 Å². The summed E-state index contributed by atoms with van der Waals surface area (Å²) in [6.07, 6.45) is 0. The first-order valence-electron chi connectivity index (χ1n) is 5.08. The minimum absolute atomic E-state index is 0.528. The van der Waals surface area contributed by atoms with Crippen LogP contribution >= 0.6 is 43.2 Å². The molecule has 2 heterocycles. The Morgan fingerprint density at radius 3 is 2.60 bits per heavy atom. The predicted octanol–water partition coefficient (Wildman–Crippen LogP) is 3.24. The zero-order valence-electron chi connectivity index (χ0n) is 8.59. The minimum Gasteiger partial charge on any atom is -0.314 e. The normalized spacial score (nSPS) is 20.5. The van der Waals surface area contributed by atoms with Gasteiger partial charge in [-0.1, -0.05) is 0 Å². The first kappa shape index (κ1) is 12.0. The lowest BCUT2D eigenvalue weighted by molar-refractivity contribution is 0.188. The maximum atomic E-state index is 3.55. The zero-order chi connectivity index (χ0) is 10.8. The molecule has 15 heavy (non-hydrogen) atoms. The van der Waals surface area contributed by atoms with Crippen LogP contribution in [0.25, 0.3) is 0 Å². The lowest BCUT2D eigenvalue weighted by Crippen LogP contribution is -2.44. The number of hydrogen-bond donors (Lipinski definition) is 1. The van der Waals surface area contributed by atoms with Crippen LogP contribution in [0, 0.1) is 0 Å². The first-order valence-corrected chi connectivity index (χ1v) is 7.48. The summed E-state index contributed by atoms with van der Waals surface area (Å²) in [5, 5.41) is 3.38. The fourth-order valence-electron chi connectivity index (χ4n) is 1.82. The summed E-state index contributed by atoms with van der Waals surface area (Å²) >= 11 is 8.91. The van der Waals surface area contributed by atoms with Crippen LogP contribution in [-0.2, 0) is 0 Å². The van der Waals surface area contributed by atoms with Crippen molar-refractivity contribution in [3.63, 3.8) is 0 Å². The van der Waals surface area contributed by atoms with Gasteiger partial charge in [-0.3, -0.25) is 4.90 Å². The molecular formula is C10H14Br2N2S. The highest BCUT2D eigenvalue weighted by atomic mass is 79.9. The fraction of sp³-hybridized carbons (Fsp3) is 0.600. The van der Waals surface area contributed by atoms with Gasteiger partial charge in [0.15, 0.2) is 0 Å². The van der Waals surface area contributed by atoms with Crippen LogP contribution in [0.1, 0.15) is 17.8 Å². The van der Waals surface area contributed by atoms with Crippen molar-refractivity contribution >= 4 is 43.2 Å². The number of nitrogens with zero attached hydrogens (tertiary/aromatic N) is 1. The van der Waals surface area contributed by atoms with Crippen molar-refractivity contribution in [1.29, 1.82) is 0 Å². The van der Waals surface area contributed by atoms with Gasteiger partial charge in [0.05, 0.1) is 3.79 Å². The smallest absolute Gasteiger partial charge is 0.0843 e. The van der Waals surface area contributed by atoms with E-state index in [0.717, 1.165) is 26.2 Å². The molecule has 2 rings (SSSR count). The molecule has 84 valence electrons. The van der Waals surface area contributed by atoms with Gasteiger partial charge in [0.1, 0.15) is 0 Å². The molecule has 1 aliphatic heterocycles. The van der Waals surface area contributed by atoms with E-state index in [1.165, 1.54) is 13.1 Å². The van der Waals surface area contributed by atoms with Gasteiger partial charge in [-0.2, -0.15) is 0 Å². The quantitative estimate of drug-likeness (QED) is 0.877. The molecule has 2 nitrogen and oxygen atoms in total. The van der Waals surface area contributed by atoms with E-state index in [2.05, 4.69) is 55.1 Å². The summed E-state index contributed by atoms with van der Waals surface area (Å²) in [6.45, 7) is 6.80. The van der Waals surface area contributed by atoms with Gasteiger partial charge >= 0.3 is 0 Å². The number of halogens is 2. The summed E-state index contributed by atoms with van der Waals surface area (Å²) in [4.78, 5) is 3.96. The van der Waals surface area contributed by atoms with Crippen LogP contribution in [0.15, 0.2) is 14.3 Å². The second kappa shape index (κ2) is 5.27. The van der Waals surface area contributed by atoms with Gasteiger partial charge < -0.3 is 5.32 Å². The molecule has 0 saturated carbocycles. The van der Waals surface area contributed by atoms with Gasteiger partial charge in [0.25, 0.3) is 0 Å². The van der Waals surface area contributed by atoms with E-state index in [1.807, 2.05) is 11.3 Å². The highest BCUT2D eigenvalue weighted by Crippen LogP contribution is 2.37. The first-order chi connectivity index (χ1) is 7.18. The Kier molecular flexibility index (Phi) is 4.24. The summed E-state index contributed by atoms with van der Waals surface area (Å²) in [6, 6.07) is 2.75. The lowest BCUT2D eigenvalue weighted by atomic mass is 10.2. The van der Waals surface area contributed by atoms with Crippen LogP contribution in [0.3, 0.4) is 0 Å². The standard InChI is InChI=1S/C10H14Br2N2S/c1-7(14-4-2-13-3-5-14)9-6-8(11)10(12)15-9/h6-7,13H,2-5H2,1H3/t7-/m1/s1. The average molecular weight is 354 g/mol. The van der Waals surface area contributed by atoms with Crippen LogP contribution in [0.5, 0.6) is 0 Å². The molecule has 0 aromatic carbocycles. The second-order valence-corrected chi connectivity index (χ2v) is 6.99. The summed E-state index contributed by atoms with van der Waals surface area (Å²) in [5.41, 5.74) is 0. The zero-order valence-corrected chi connectivity index (χ0v) is 12.6. The molecule has 1 N–H and O–H groups in total. The largest absolute Gasteiger partial charge is 0.314 e. The van der Waals surface area contributed by atoms with E-state index in [4.69, 9.17) is 0 Å². The Morgan fingerprint density at radius 2 is 2.07 bits per heavy atom. The lowest BCUT2D eigenvalue weighted by Gasteiger charge is -2.32. The molecule has 5 heteroatoms. The molecular weight excluding hydrogens is 340 g/mol. The van der Waals surface area contributed by atoms with Crippen molar-refractivity contribution < 1.29 is 0 Å². The van der Waals surface area contributed by atoms with Crippen LogP contribution < -0.4 is 5.32 Å². The van der Waals surface area contributed by atoms with Crippen molar-refractivity contribution in [1.82, 2.24) is 10.2 Å². The van der Waals surface area contributed by atoms with Crippen molar-refractivity contribution in [3.05, 3.63) is 19.2 Å². The predicted molar refractivity (Wildman–Crippen MR) is 72.6 cm³/mol. The summed E-state index contributed by atoms with van der Waals surface area (Å²) in [7, 11) is 0. The molecule has 1 aromatic rings. The molecule has 0 spiro atoms. The molecule has 0 bridgehead atoms. The summed E-state index contributed by atoms with van der Waals surface area (Å²) < 4.78 is 2.36. The molecule has 1 saturated heterocycles. The fourth-order valence-corrected chi connectivity index (χ4v) is 3.99. The number of nitrogens with one attached hydrogen (secondary N) is 1. The number of thiophene rings is 1. The molecule has 0 unspecified atom stereocenters. The topological polar surface area (TPSA) is 15.3 Å². The Morgan fingerprint density at radius 1 is 1.40 bits per heavy atom. The summed E-state index contributed by atoms with van der Waals surface area (Å²) in [5.74, 6) is 0. The maximum Gasteiger partial charge on any atom is 0.0843 e. The Hall–Kier alpha value is 0.580. The molecule has 0 amide bonds. The van der Waals surface area contributed by atoms with E-state index in [-0.39, 0.29) is 0 Å².